The normalized spacial score (nSPS) is 9.47. The zero-order valence-electron chi connectivity index (χ0n) is 8.53. The van der Waals surface area contributed by atoms with Gasteiger partial charge in [-0.15, -0.1) is 0 Å². The number of hydrogen-bond acceptors (Lipinski definition) is 3. The summed E-state index contributed by atoms with van der Waals surface area (Å²) in [5, 5.41) is 2.42. The van der Waals surface area contributed by atoms with E-state index in [1.165, 1.54) is 7.11 Å². The fourth-order valence-electron chi connectivity index (χ4n) is 0.964. The van der Waals surface area contributed by atoms with Gasteiger partial charge in [-0.2, -0.15) is 0 Å². The molecule has 2 N–H and O–H groups in total. The molecular weight excluding hydrogens is 196 g/mol. The minimum absolute atomic E-state index is 0.567. The van der Waals surface area contributed by atoms with Crippen molar-refractivity contribution in [3.63, 3.8) is 0 Å². The highest BCUT2D eigenvalue weighted by Crippen LogP contribution is 2.07. The molecule has 0 aromatic heterocycles. The first-order chi connectivity index (χ1) is 7.13. The Morgan fingerprint density at radius 1 is 1.13 bits per heavy atom. The first-order valence-electron chi connectivity index (χ1n) is 4.34. The average molecular weight is 208 g/mol. The molecule has 1 aromatic carbocycles. The summed E-state index contributed by atoms with van der Waals surface area (Å²) in [4.78, 5) is 26.5. The Bertz CT molecular complexity index is 359. The molecule has 1 rings (SSSR count). The highest BCUT2D eigenvalue weighted by atomic mass is 16.6. The van der Waals surface area contributed by atoms with Crippen LogP contribution in [0.15, 0.2) is 24.3 Å². The fraction of sp³-hybridized carbons (Fsp3) is 0.200. The van der Waals surface area contributed by atoms with Crippen molar-refractivity contribution in [3.8, 4) is 0 Å². The van der Waals surface area contributed by atoms with Crippen molar-refractivity contribution in [1.29, 1.82) is 0 Å². The molecule has 0 heterocycles. The summed E-state index contributed by atoms with van der Waals surface area (Å²) in [6, 6.07) is 7.11. The Labute approximate surface area is 87.4 Å². The topological polar surface area (TPSA) is 67.4 Å². The van der Waals surface area contributed by atoms with Gasteiger partial charge in [0.1, 0.15) is 0 Å². The number of carbonyl (C=O) groups is 2. The van der Waals surface area contributed by atoms with E-state index in [0.717, 1.165) is 5.56 Å². The zero-order chi connectivity index (χ0) is 11.3. The van der Waals surface area contributed by atoms with Gasteiger partial charge in [0.15, 0.2) is 0 Å². The van der Waals surface area contributed by atoms with Crippen molar-refractivity contribution in [2.24, 2.45) is 0 Å². The summed E-state index contributed by atoms with van der Waals surface area (Å²) in [6.07, 6.45) is 0. The van der Waals surface area contributed by atoms with Gasteiger partial charge in [-0.25, -0.2) is 5.48 Å². The van der Waals surface area contributed by atoms with E-state index in [9.17, 15) is 9.59 Å². The predicted molar refractivity (Wildman–Crippen MR) is 55.0 cm³/mol. The molecule has 0 bridgehead atoms. The molecule has 0 saturated carbocycles. The summed E-state index contributed by atoms with van der Waals surface area (Å²) in [5.41, 5.74) is 3.57. The molecule has 1 aromatic rings. The Morgan fingerprint density at radius 3 is 2.27 bits per heavy atom. The van der Waals surface area contributed by atoms with Gasteiger partial charge in [0, 0.05) is 5.69 Å². The summed E-state index contributed by atoms with van der Waals surface area (Å²) in [5.74, 6) is -1.60. The van der Waals surface area contributed by atoms with Gasteiger partial charge in [0.25, 0.3) is 0 Å². The lowest BCUT2D eigenvalue weighted by Crippen LogP contribution is -2.34. The highest BCUT2D eigenvalue weighted by molar-refractivity contribution is 6.39. The molecule has 0 unspecified atom stereocenters. The van der Waals surface area contributed by atoms with Crippen LogP contribution in [-0.2, 0) is 14.4 Å². The molecule has 0 atom stereocenters. The summed E-state index contributed by atoms with van der Waals surface area (Å²) in [6.45, 7) is 1.93. The number of nitrogens with one attached hydrogen (secondary N) is 2. The smallest absolute Gasteiger partial charge is 0.318 e. The van der Waals surface area contributed by atoms with Crippen LogP contribution in [-0.4, -0.2) is 18.9 Å². The van der Waals surface area contributed by atoms with Gasteiger partial charge in [-0.1, -0.05) is 17.7 Å². The fourth-order valence-corrected chi connectivity index (χ4v) is 0.964. The average Bonchev–Trinajstić information content (AvgIpc) is 2.22. The predicted octanol–water partition coefficient (Wildman–Crippen LogP) is 0.611. The minimum atomic E-state index is -0.835. The van der Waals surface area contributed by atoms with E-state index in [1.54, 1.807) is 12.1 Å². The standard InChI is InChI=1S/C10H12N2O3/c1-7-3-5-8(6-4-7)11-9(13)10(14)12-15-2/h3-6H,1-2H3,(H,11,13)(H,12,14). The lowest BCUT2D eigenvalue weighted by molar-refractivity contribution is -0.142. The van der Waals surface area contributed by atoms with Gasteiger partial charge in [0.2, 0.25) is 0 Å². The quantitative estimate of drug-likeness (QED) is 0.552. The number of anilines is 1. The molecule has 0 spiro atoms. The highest BCUT2D eigenvalue weighted by Gasteiger charge is 2.12. The van der Waals surface area contributed by atoms with E-state index >= 15 is 0 Å². The van der Waals surface area contributed by atoms with Gasteiger partial charge < -0.3 is 5.32 Å². The van der Waals surface area contributed by atoms with Crippen LogP contribution < -0.4 is 10.8 Å². The van der Waals surface area contributed by atoms with Gasteiger partial charge in [-0.05, 0) is 19.1 Å². The third-order valence-corrected chi connectivity index (χ3v) is 1.71. The van der Waals surface area contributed by atoms with Gasteiger partial charge in [0.05, 0.1) is 7.11 Å². The Morgan fingerprint density at radius 2 is 1.73 bits per heavy atom. The minimum Gasteiger partial charge on any atom is -0.318 e. The van der Waals surface area contributed by atoms with Crippen LogP contribution in [0.1, 0.15) is 5.56 Å². The van der Waals surface area contributed by atoms with Crippen LogP contribution in [0.25, 0.3) is 0 Å². The lowest BCUT2D eigenvalue weighted by Gasteiger charge is -2.04. The largest absolute Gasteiger partial charge is 0.333 e. The number of amides is 2. The molecule has 5 heteroatoms. The number of hydroxylamine groups is 1. The molecule has 80 valence electrons. The molecule has 0 aliphatic carbocycles. The second kappa shape index (κ2) is 5.11. The van der Waals surface area contributed by atoms with E-state index in [2.05, 4.69) is 10.2 Å². The van der Waals surface area contributed by atoms with Crippen LogP contribution in [0.2, 0.25) is 0 Å². The lowest BCUT2D eigenvalue weighted by atomic mass is 10.2. The van der Waals surface area contributed by atoms with Crippen molar-refractivity contribution in [2.45, 2.75) is 6.92 Å². The zero-order valence-corrected chi connectivity index (χ0v) is 8.53. The second-order valence-electron chi connectivity index (χ2n) is 2.96. The maximum atomic E-state index is 11.2. The number of benzene rings is 1. The molecule has 5 nitrogen and oxygen atoms in total. The molecule has 0 fully saturated rings. The van der Waals surface area contributed by atoms with E-state index in [4.69, 9.17) is 0 Å². The molecular formula is C10H12N2O3. The third-order valence-electron chi connectivity index (χ3n) is 1.71. The maximum absolute atomic E-state index is 11.2. The van der Waals surface area contributed by atoms with E-state index < -0.39 is 11.8 Å². The number of rotatable bonds is 2. The third kappa shape index (κ3) is 3.40. The second-order valence-corrected chi connectivity index (χ2v) is 2.96. The van der Waals surface area contributed by atoms with Crippen molar-refractivity contribution in [2.75, 3.05) is 12.4 Å². The number of hydrogen-bond donors (Lipinski definition) is 2. The molecule has 0 saturated heterocycles. The van der Waals surface area contributed by atoms with Crippen LogP contribution in [0.5, 0.6) is 0 Å². The van der Waals surface area contributed by atoms with Crippen LogP contribution in [0.3, 0.4) is 0 Å². The van der Waals surface area contributed by atoms with Gasteiger partial charge in [-0.3, -0.25) is 14.4 Å². The Hall–Kier alpha value is -1.88. The molecule has 0 aliphatic rings. The first-order valence-corrected chi connectivity index (χ1v) is 4.34. The molecule has 15 heavy (non-hydrogen) atoms. The molecule has 2 amide bonds. The van der Waals surface area contributed by atoms with Crippen molar-refractivity contribution >= 4 is 17.5 Å². The first kappa shape index (κ1) is 11.2. The summed E-state index contributed by atoms with van der Waals surface area (Å²) in [7, 11) is 1.26. The van der Waals surface area contributed by atoms with Crippen molar-refractivity contribution in [1.82, 2.24) is 5.48 Å². The number of aryl methyl sites for hydroxylation is 1. The van der Waals surface area contributed by atoms with Crippen molar-refractivity contribution in [3.05, 3.63) is 29.8 Å². The van der Waals surface area contributed by atoms with E-state index in [1.807, 2.05) is 24.5 Å². The van der Waals surface area contributed by atoms with Crippen molar-refractivity contribution < 1.29 is 14.4 Å². The van der Waals surface area contributed by atoms with Crippen LogP contribution in [0.4, 0.5) is 5.69 Å². The number of carbonyl (C=O) groups excluding carboxylic acids is 2. The Balaban J connectivity index is 2.58. The SMILES string of the molecule is CONC(=O)C(=O)Nc1ccc(C)cc1. The summed E-state index contributed by atoms with van der Waals surface area (Å²) >= 11 is 0. The van der Waals surface area contributed by atoms with Crippen LogP contribution >= 0.6 is 0 Å². The molecule has 0 radical (unpaired) electrons. The molecule has 0 aliphatic heterocycles. The van der Waals surface area contributed by atoms with E-state index in [0.29, 0.717) is 5.69 Å². The summed E-state index contributed by atoms with van der Waals surface area (Å²) < 4.78 is 0. The monoisotopic (exact) mass is 208 g/mol. The maximum Gasteiger partial charge on any atom is 0.333 e. The van der Waals surface area contributed by atoms with E-state index in [-0.39, 0.29) is 0 Å². The Kier molecular flexibility index (Phi) is 3.82. The van der Waals surface area contributed by atoms with Gasteiger partial charge >= 0.3 is 11.8 Å². The van der Waals surface area contributed by atoms with Crippen LogP contribution in [0, 0.1) is 6.92 Å².